The molecule has 7 N–H and O–H groups in total. The van der Waals surface area contributed by atoms with E-state index in [9.17, 15) is 48.9 Å². The number of carbonyl (C=O) groups excluding carboxylic acids is 5. The molecule has 0 saturated heterocycles. The summed E-state index contributed by atoms with van der Waals surface area (Å²) in [5, 5.41) is 74.4. The number of benzene rings is 1. The van der Waals surface area contributed by atoms with Gasteiger partial charge in [-0.2, -0.15) is 5.26 Å². The van der Waals surface area contributed by atoms with Gasteiger partial charge >= 0.3 is 41.8 Å². The van der Waals surface area contributed by atoms with E-state index in [4.69, 9.17) is 49.4 Å². The van der Waals surface area contributed by atoms with Gasteiger partial charge in [0.15, 0.2) is 0 Å². The first kappa shape index (κ1) is 85.8. The van der Waals surface area contributed by atoms with Crippen molar-refractivity contribution in [2.45, 2.75) is 300 Å². The van der Waals surface area contributed by atoms with Crippen LogP contribution in [0.3, 0.4) is 0 Å². The van der Waals surface area contributed by atoms with E-state index in [2.05, 4.69) is 13.8 Å². The van der Waals surface area contributed by atoms with E-state index in [1.54, 1.807) is 32.9 Å². The van der Waals surface area contributed by atoms with Crippen molar-refractivity contribution in [2.24, 2.45) is 51.2 Å². The highest BCUT2D eigenvalue weighted by Crippen LogP contribution is 2.61. The Morgan fingerprint density at radius 1 is 0.538 bits per heavy atom. The van der Waals surface area contributed by atoms with Crippen molar-refractivity contribution in [3.05, 3.63) is 35.4 Å². The predicted molar refractivity (Wildman–Crippen MR) is 355 cm³/mol. The number of rotatable bonds is 23. The van der Waals surface area contributed by atoms with Crippen LogP contribution in [0.15, 0.2) is 24.3 Å². The van der Waals surface area contributed by atoms with Crippen molar-refractivity contribution in [1.82, 2.24) is 0 Å². The molecule has 8 atom stereocenters. The first-order valence-corrected chi connectivity index (χ1v) is 34.2. The number of nitriles is 1. The van der Waals surface area contributed by atoms with Crippen LogP contribution in [0.4, 0.5) is 0 Å². The lowest BCUT2D eigenvalue weighted by molar-refractivity contribution is -0.264. The molecule has 8 bridgehead atoms. The summed E-state index contributed by atoms with van der Waals surface area (Å²) in [5.74, 6) is -0.757. The molecule has 93 heavy (non-hydrogen) atoms. The maximum absolute atomic E-state index is 12.4. The molecule has 0 amide bonds. The molecular formula is C73H123NO19. The Labute approximate surface area is 557 Å². The van der Waals surface area contributed by atoms with Gasteiger partial charge in [-0.3, -0.25) is 28.8 Å². The lowest BCUT2D eigenvalue weighted by Crippen LogP contribution is -2.67. The minimum Gasteiger partial charge on any atom is -0.481 e. The molecule has 8 aliphatic carbocycles. The Bertz CT molecular complexity index is 2530. The monoisotopic (exact) mass is 1320 g/mol. The van der Waals surface area contributed by atoms with Crippen LogP contribution in [0.5, 0.6) is 0 Å². The Kier molecular flexibility index (Phi) is 34.5. The minimum atomic E-state index is -0.865. The maximum atomic E-state index is 12.4. The quantitative estimate of drug-likeness (QED) is 0.0304. The minimum absolute atomic E-state index is 0.0475. The summed E-state index contributed by atoms with van der Waals surface area (Å²) in [5.41, 5.74) is -3.57. The fraction of sp³-hybridized carbons (Fsp3) is 0.808. The molecule has 8 aliphatic rings. The highest BCUT2D eigenvalue weighted by atomic mass is 16.6. The summed E-state index contributed by atoms with van der Waals surface area (Å²) in [4.78, 5) is 78.6. The van der Waals surface area contributed by atoms with E-state index in [0.717, 1.165) is 83.5 Å². The number of aromatic carboxylic acids is 1. The fourth-order valence-electron chi connectivity index (χ4n) is 12.4. The summed E-state index contributed by atoms with van der Waals surface area (Å²) in [6.45, 7) is 36.2. The molecule has 20 heteroatoms. The topological polar surface area (TPSA) is 331 Å². The van der Waals surface area contributed by atoms with Gasteiger partial charge in [-0.1, -0.05) is 81.4 Å². The molecule has 534 valence electrons. The number of carboxylic acids is 2. The highest BCUT2D eigenvalue weighted by Gasteiger charge is 2.65. The van der Waals surface area contributed by atoms with Crippen molar-refractivity contribution < 1.29 is 93.0 Å². The average molecular weight is 1320 g/mol. The van der Waals surface area contributed by atoms with Gasteiger partial charge < -0.3 is 59.4 Å². The Morgan fingerprint density at radius 2 is 0.946 bits per heavy atom. The molecule has 0 aliphatic heterocycles. The van der Waals surface area contributed by atoms with Gasteiger partial charge in [0.05, 0.1) is 81.1 Å². The second-order valence-electron chi connectivity index (χ2n) is 30.3. The number of aliphatic hydroxyl groups excluding tert-OH is 2. The van der Waals surface area contributed by atoms with Crippen LogP contribution < -0.4 is 0 Å². The van der Waals surface area contributed by atoms with Crippen molar-refractivity contribution in [2.75, 3.05) is 26.4 Å². The van der Waals surface area contributed by atoms with Gasteiger partial charge in [-0.25, -0.2) is 4.79 Å². The summed E-state index contributed by atoms with van der Waals surface area (Å²) in [6.07, 6.45) is 14.6. The zero-order valence-electron chi connectivity index (χ0n) is 60.3. The number of carbonyl (C=O) groups is 7. The van der Waals surface area contributed by atoms with Crippen LogP contribution in [0, 0.1) is 62.6 Å². The van der Waals surface area contributed by atoms with E-state index in [1.807, 2.05) is 115 Å². The number of aliphatic hydroxyl groups is 5. The number of esters is 5. The highest BCUT2D eigenvalue weighted by molar-refractivity contribution is 5.87. The third-order valence-electron chi connectivity index (χ3n) is 19.9. The first-order chi connectivity index (χ1) is 42.8. The van der Waals surface area contributed by atoms with Gasteiger partial charge in [0.1, 0.15) is 31.0 Å². The molecule has 0 aromatic heterocycles. The van der Waals surface area contributed by atoms with Crippen LogP contribution in [0.2, 0.25) is 0 Å². The van der Waals surface area contributed by atoms with Crippen LogP contribution in [0.1, 0.15) is 282 Å². The zero-order valence-corrected chi connectivity index (χ0v) is 60.3. The number of aliphatic carboxylic acids is 1. The lowest BCUT2D eigenvalue weighted by atomic mass is 9.50. The molecule has 0 radical (unpaired) electrons. The standard InChI is InChI=1S/C16H26O4.C16H26O3.C11H14O2.C8H13NO2.2C8H16O3.C6H12O2/c1-4-13(2,3)12(17)20-16-7-11-5-14(18,9-16)8-15(19,6-11)10-16;1-4-14(2,3)13(17)19-16-8-11-5-12(9-16)7-15(18,6-11)10-16;1-3-8(2)9-4-6-10(7-5-9)11(12)13;1-3-7(2)8(10)11-6-4-5-9;1-4-8(2,3)7(10)11-6-5-9;1-4-6(2)8(10)11-5-7(3)9;1-4-6(2,3)5(7)8/h11,18-19H,4-10H2,1-3H3;11-12,18H,4-10H2,1-3H3;4-8H,3H2,1-2H3,(H,12,13);7H,3-4,6H2,1-2H3;9H,4-6H2,1-3H3;6-7,9H,4-5H2,1-3H3;4H2,1-3H3,(H,7,8). The number of hydrogen-bond donors (Lipinski definition) is 7. The zero-order chi connectivity index (χ0) is 71.8. The third-order valence-corrected chi connectivity index (χ3v) is 19.9. The summed E-state index contributed by atoms with van der Waals surface area (Å²) < 4.78 is 26.1. The predicted octanol–water partition coefficient (Wildman–Crippen LogP) is 13.0. The molecule has 1 aromatic carbocycles. The van der Waals surface area contributed by atoms with Crippen molar-refractivity contribution in [1.29, 1.82) is 5.26 Å². The van der Waals surface area contributed by atoms with E-state index in [-0.39, 0.29) is 86.0 Å². The Morgan fingerprint density at radius 3 is 1.30 bits per heavy atom. The molecule has 8 fully saturated rings. The van der Waals surface area contributed by atoms with E-state index >= 15 is 0 Å². The smallest absolute Gasteiger partial charge is 0.335 e. The number of carboxylic acid groups (broad SMARTS) is 2. The van der Waals surface area contributed by atoms with Gasteiger partial charge in [0.25, 0.3) is 0 Å². The van der Waals surface area contributed by atoms with E-state index in [1.165, 1.54) is 12.0 Å². The van der Waals surface area contributed by atoms with Crippen LogP contribution in [0.25, 0.3) is 0 Å². The molecule has 0 spiro atoms. The number of hydrogen-bond acceptors (Lipinski definition) is 18. The molecule has 8 saturated carbocycles. The fourth-order valence-corrected chi connectivity index (χ4v) is 12.4. The molecule has 1 aromatic rings. The molecule has 8 unspecified atom stereocenters. The largest absolute Gasteiger partial charge is 0.481 e. The lowest BCUT2D eigenvalue weighted by Gasteiger charge is -2.62. The molecule has 9 rings (SSSR count). The molecule has 20 nitrogen and oxygen atoms in total. The van der Waals surface area contributed by atoms with E-state index < -0.39 is 62.1 Å². The number of ether oxygens (including phenoxy) is 5. The Hall–Kier alpha value is -5.20. The van der Waals surface area contributed by atoms with Gasteiger partial charge in [-0.15, -0.1) is 0 Å². The van der Waals surface area contributed by atoms with Crippen LogP contribution >= 0.6 is 0 Å². The van der Waals surface area contributed by atoms with Crippen LogP contribution in [-0.4, -0.2) is 138 Å². The SMILES string of the molecule is CCC(C)(C)C(=O)O.CCC(C)(C)C(=O)OC12CC3CC(CC(O)(C3)C1)C2.CCC(C)(C)C(=O)OC12CC3CC(O)(CC(O)(C3)C1)C2.CCC(C)(C)C(=O)OCCO.CCC(C)C(=O)OCC(C)O.CCC(C)C(=O)OCCC#N.CCC(C)c1ccc(C(=O)O)cc1. The van der Waals surface area contributed by atoms with Gasteiger partial charge in [-0.05, 0) is 200 Å². The van der Waals surface area contributed by atoms with Crippen molar-refractivity contribution in [3.63, 3.8) is 0 Å². The Balaban J connectivity index is 0.000000556. The summed E-state index contributed by atoms with van der Waals surface area (Å²) >= 11 is 0. The average Bonchev–Trinajstić information content (AvgIpc) is 0.722. The first-order valence-electron chi connectivity index (χ1n) is 34.2. The van der Waals surface area contributed by atoms with Gasteiger partial charge in [0.2, 0.25) is 0 Å². The second-order valence-corrected chi connectivity index (χ2v) is 30.3. The normalized spacial score (nSPS) is 26.4. The number of nitrogens with zero attached hydrogens (tertiary/aromatic N) is 1. The van der Waals surface area contributed by atoms with Crippen molar-refractivity contribution >= 4 is 41.8 Å². The van der Waals surface area contributed by atoms with Gasteiger partial charge in [0, 0.05) is 25.7 Å². The molecule has 0 heterocycles. The molecular weight excluding hydrogens is 1190 g/mol. The summed E-state index contributed by atoms with van der Waals surface area (Å²) in [7, 11) is 0. The third kappa shape index (κ3) is 27.8. The maximum Gasteiger partial charge on any atom is 0.335 e. The van der Waals surface area contributed by atoms with Crippen LogP contribution in [-0.2, 0) is 52.5 Å². The summed E-state index contributed by atoms with van der Waals surface area (Å²) in [6, 6.07) is 8.99. The second kappa shape index (κ2) is 37.3. The van der Waals surface area contributed by atoms with E-state index in [0.29, 0.717) is 55.4 Å². The van der Waals surface area contributed by atoms with Crippen molar-refractivity contribution in [3.8, 4) is 6.07 Å².